The number of para-hydroxylation sites is 2. The molecule has 1 aromatic heterocycles. The molecule has 6 aromatic carbocycles. The van der Waals surface area contributed by atoms with Crippen molar-refractivity contribution in [3.8, 4) is 16.8 Å². The van der Waals surface area contributed by atoms with E-state index < -0.39 is 0 Å². The maximum Gasteiger partial charge on any atom is 0.0592 e. The number of rotatable bonds is 6. The number of anilines is 1. The average molecular weight is 721 g/mol. The third-order valence-corrected chi connectivity index (χ3v) is 12.7. The highest BCUT2D eigenvalue weighted by Gasteiger charge is 2.41. The first-order valence-corrected chi connectivity index (χ1v) is 20.4. The lowest BCUT2D eigenvalue weighted by Crippen LogP contribution is -2.42. The summed E-state index contributed by atoms with van der Waals surface area (Å²) >= 11 is 0. The fourth-order valence-corrected chi connectivity index (χ4v) is 10.0. The Labute approximate surface area is 329 Å². The molecular weight excluding hydrogens is 677 g/mol. The van der Waals surface area contributed by atoms with Crippen LogP contribution in [0.3, 0.4) is 0 Å². The topological polar surface area (TPSA) is 8.17 Å². The highest BCUT2D eigenvalue weighted by Crippen LogP contribution is 2.48. The number of hydrogen-bond donors (Lipinski definition) is 0. The van der Waals surface area contributed by atoms with Gasteiger partial charge in [-0.3, -0.25) is 0 Å². The van der Waals surface area contributed by atoms with Crippen LogP contribution in [-0.2, 0) is 0 Å². The number of nitrogens with zero attached hydrogens (tertiary/aromatic N) is 2. The molecule has 0 fully saturated rings. The van der Waals surface area contributed by atoms with Gasteiger partial charge in [0.15, 0.2) is 0 Å². The van der Waals surface area contributed by atoms with E-state index in [2.05, 4.69) is 204 Å². The molecule has 0 radical (unpaired) electrons. The first-order valence-electron chi connectivity index (χ1n) is 20.4. The molecule has 0 saturated heterocycles. The quantitative estimate of drug-likeness (QED) is 0.155. The zero-order valence-electron chi connectivity index (χ0n) is 31.5. The van der Waals surface area contributed by atoms with Crippen LogP contribution >= 0.6 is 0 Å². The van der Waals surface area contributed by atoms with Gasteiger partial charge in [-0.2, -0.15) is 0 Å². The minimum atomic E-state index is 0.268. The second-order valence-electron chi connectivity index (χ2n) is 15.9. The molecule has 4 unspecified atom stereocenters. The van der Waals surface area contributed by atoms with Gasteiger partial charge in [-0.25, -0.2) is 0 Å². The highest BCUT2D eigenvalue weighted by atomic mass is 15.2. The molecular formula is C54H44N2. The number of hydrogen-bond acceptors (Lipinski definition) is 1. The van der Waals surface area contributed by atoms with E-state index in [-0.39, 0.29) is 6.04 Å². The lowest BCUT2D eigenvalue weighted by atomic mass is 9.81. The Morgan fingerprint density at radius 3 is 2.16 bits per heavy atom. The fourth-order valence-electron chi connectivity index (χ4n) is 10.0. The second-order valence-corrected chi connectivity index (χ2v) is 15.9. The molecule has 2 heterocycles. The summed E-state index contributed by atoms with van der Waals surface area (Å²) in [5.74, 6) is 0.855. The van der Waals surface area contributed by atoms with Crippen LogP contribution in [0.15, 0.2) is 200 Å². The Morgan fingerprint density at radius 2 is 1.30 bits per heavy atom. The van der Waals surface area contributed by atoms with Crippen LogP contribution in [0.25, 0.3) is 49.8 Å². The van der Waals surface area contributed by atoms with Crippen LogP contribution in [0, 0.1) is 5.92 Å². The van der Waals surface area contributed by atoms with E-state index in [1.54, 1.807) is 5.57 Å². The van der Waals surface area contributed by atoms with Crippen molar-refractivity contribution in [3.05, 3.63) is 216 Å². The minimum Gasteiger partial charge on any atom is -0.357 e. The minimum absolute atomic E-state index is 0.268. The van der Waals surface area contributed by atoms with Crippen molar-refractivity contribution in [1.29, 1.82) is 0 Å². The summed E-state index contributed by atoms with van der Waals surface area (Å²) in [7, 11) is 0. The molecule has 270 valence electrons. The molecule has 0 amide bonds. The van der Waals surface area contributed by atoms with E-state index in [0.717, 1.165) is 19.3 Å². The largest absolute Gasteiger partial charge is 0.357 e. The van der Waals surface area contributed by atoms with Crippen LogP contribution in [0.4, 0.5) is 5.69 Å². The van der Waals surface area contributed by atoms with Crippen LogP contribution in [-0.4, -0.2) is 16.7 Å². The first kappa shape index (κ1) is 33.0. The summed E-state index contributed by atoms with van der Waals surface area (Å²) in [6.45, 7) is 0. The summed E-state index contributed by atoms with van der Waals surface area (Å²) in [5, 5.41) is 2.56. The van der Waals surface area contributed by atoms with Gasteiger partial charge in [0, 0.05) is 34.1 Å². The number of aromatic nitrogens is 1. The molecule has 0 spiro atoms. The molecule has 1 aliphatic heterocycles. The van der Waals surface area contributed by atoms with Crippen molar-refractivity contribution in [3.63, 3.8) is 0 Å². The van der Waals surface area contributed by atoms with Gasteiger partial charge in [0.25, 0.3) is 0 Å². The Kier molecular flexibility index (Phi) is 8.09. The highest BCUT2D eigenvalue weighted by molar-refractivity contribution is 6.10. The normalized spacial score (nSPS) is 21.4. The zero-order chi connectivity index (χ0) is 37.0. The molecule has 2 nitrogen and oxygen atoms in total. The Morgan fingerprint density at radius 1 is 0.536 bits per heavy atom. The summed E-state index contributed by atoms with van der Waals surface area (Å²) in [5.41, 5.74) is 15.8. The maximum atomic E-state index is 2.74. The van der Waals surface area contributed by atoms with Crippen molar-refractivity contribution in [2.75, 3.05) is 4.90 Å². The maximum absolute atomic E-state index is 2.74. The summed E-state index contributed by atoms with van der Waals surface area (Å²) in [4.78, 5) is 2.74. The van der Waals surface area contributed by atoms with E-state index in [0.29, 0.717) is 17.9 Å². The first-order chi connectivity index (χ1) is 27.8. The van der Waals surface area contributed by atoms with Crippen molar-refractivity contribution in [1.82, 2.24) is 4.57 Å². The van der Waals surface area contributed by atoms with Gasteiger partial charge in [0.2, 0.25) is 0 Å². The molecule has 4 atom stereocenters. The molecule has 0 N–H and O–H groups in total. The van der Waals surface area contributed by atoms with E-state index in [4.69, 9.17) is 0 Å². The fraction of sp³-hybridized carbons (Fsp3) is 0.148. The van der Waals surface area contributed by atoms with Crippen molar-refractivity contribution >= 4 is 38.6 Å². The summed E-state index contributed by atoms with van der Waals surface area (Å²) in [6.07, 6.45) is 22.0. The van der Waals surface area contributed by atoms with Gasteiger partial charge >= 0.3 is 0 Å². The summed E-state index contributed by atoms with van der Waals surface area (Å²) in [6, 6.07) is 56.3. The van der Waals surface area contributed by atoms with Crippen molar-refractivity contribution in [2.24, 2.45) is 5.92 Å². The van der Waals surface area contributed by atoms with Gasteiger partial charge in [0.1, 0.15) is 0 Å². The summed E-state index contributed by atoms with van der Waals surface area (Å²) < 4.78 is 2.46. The second kappa shape index (κ2) is 13.7. The molecule has 0 saturated carbocycles. The number of fused-ring (bicyclic) bond motifs is 6. The van der Waals surface area contributed by atoms with Crippen LogP contribution < -0.4 is 4.90 Å². The van der Waals surface area contributed by atoms with Crippen LogP contribution in [0.2, 0.25) is 0 Å². The van der Waals surface area contributed by atoms with Gasteiger partial charge in [-0.1, -0.05) is 169 Å². The molecule has 4 aliphatic rings. The van der Waals surface area contributed by atoms with Gasteiger partial charge < -0.3 is 9.47 Å². The third-order valence-electron chi connectivity index (χ3n) is 12.7. The predicted octanol–water partition coefficient (Wildman–Crippen LogP) is 13.5. The average Bonchev–Trinajstić information content (AvgIpc) is 3.79. The lowest BCUT2D eigenvalue weighted by Gasteiger charge is -2.38. The van der Waals surface area contributed by atoms with Gasteiger partial charge in [-0.05, 0) is 101 Å². The number of benzene rings is 6. The predicted molar refractivity (Wildman–Crippen MR) is 236 cm³/mol. The van der Waals surface area contributed by atoms with Gasteiger partial charge in [0.05, 0.1) is 17.1 Å². The monoisotopic (exact) mass is 720 g/mol. The van der Waals surface area contributed by atoms with Crippen molar-refractivity contribution in [2.45, 2.75) is 43.7 Å². The molecule has 7 aromatic rings. The van der Waals surface area contributed by atoms with E-state index in [9.17, 15) is 0 Å². The van der Waals surface area contributed by atoms with Crippen LogP contribution in [0.5, 0.6) is 0 Å². The van der Waals surface area contributed by atoms with Crippen molar-refractivity contribution < 1.29 is 0 Å². The standard InChI is InChI=1S/C54H44N2/c1-3-13-37(14-4-1)40-17-11-18-41(33-40)39-25-29-45(30-26-39)55-51-23-9-7-21-47(51)49-31-27-43(35-53(49)55)44-28-32-50-48-22-8-10-24-52(48)56(54(50)36-44)46-20-12-19-42(34-46)38-15-5-2-6-16-38/h1-10,12-17,19-25,27-29,31-36,39,45,49,53H,11,18,26,30H2. The lowest BCUT2D eigenvalue weighted by molar-refractivity contribution is 0.502. The molecule has 2 heteroatoms. The van der Waals surface area contributed by atoms with E-state index in [1.165, 1.54) is 78.6 Å². The number of allylic oxidation sites excluding steroid dienone is 7. The molecule has 3 aliphatic carbocycles. The Balaban J connectivity index is 0.945. The smallest absolute Gasteiger partial charge is 0.0592 e. The molecule has 56 heavy (non-hydrogen) atoms. The van der Waals surface area contributed by atoms with Gasteiger partial charge in [-0.15, -0.1) is 0 Å². The Bertz CT molecular complexity index is 2770. The van der Waals surface area contributed by atoms with E-state index in [1.807, 2.05) is 0 Å². The molecule has 11 rings (SSSR count). The molecule has 0 bridgehead atoms. The van der Waals surface area contributed by atoms with E-state index >= 15 is 0 Å². The third kappa shape index (κ3) is 5.63. The zero-order valence-corrected chi connectivity index (χ0v) is 31.5. The SMILES string of the molecule is C1=CC2c3ccccc3N(C3C=CC(C4=CC(c5ccccc5)=CCC4)CC3)C2C=C1c1ccc2c3ccccc3n(-c3cccc(-c4ccccc4)c3)c2c1. The Hall–Kier alpha value is -6.38. The van der Waals surface area contributed by atoms with Crippen LogP contribution in [0.1, 0.15) is 48.3 Å².